The minimum atomic E-state index is -1.16. The van der Waals surface area contributed by atoms with E-state index in [2.05, 4.69) is 4.98 Å². The van der Waals surface area contributed by atoms with E-state index in [-0.39, 0.29) is 17.3 Å². The molecule has 1 aliphatic heterocycles. The maximum atomic E-state index is 13.9. The molecular formula is C24H21N3O2. The van der Waals surface area contributed by atoms with Crippen LogP contribution in [0.1, 0.15) is 25.0 Å². The Kier molecular flexibility index (Phi) is 4.43. The Balaban J connectivity index is 1.92. The molecule has 0 N–H and O–H groups in total. The molecule has 0 saturated carbocycles. The number of allylic oxidation sites excluding steroid dienone is 1. The molecule has 1 aliphatic carbocycles. The zero-order valence-corrected chi connectivity index (χ0v) is 16.4. The van der Waals surface area contributed by atoms with Gasteiger partial charge in [0.05, 0.1) is 11.0 Å². The summed E-state index contributed by atoms with van der Waals surface area (Å²) >= 11 is 0. The minimum Gasteiger partial charge on any atom is -0.333 e. The largest absolute Gasteiger partial charge is 0.333 e. The summed E-state index contributed by atoms with van der Waals surface area (Å²) < 4.78 is 0. The highest BCUT2D eigenvalue weighted by Crippen LogP contribution is 2.51. The highest BCUT2D eigenvalue weighted by Gasteiger charge is 2.56. The maximum Gasteiger partial charge on any atom is 0.241 e. The molecule has 1 aromatic heterocycles. The average molecular weight is 383 g/mol. The second-order valence-electron chi connectivity index (χ2n) is 7.96. The lowest BCUT2D eigenvalue weighted by molar-refractivity contribution is -0.136. The van der Waals surface area contributed by atoms with Crippen LogP contribution in [0.25, 0.3) is 0 Å². The van der Waals surface area contributed by atoms with Gasteiger partial charge < -0.3 is 4.90 Å². The van der Waals surface area contributed by atoms with Crippen molar-refractivity contribution < 1.29 is 9.59 Å². The lowest BCUT2D eigenvalue weighted by atomic mass is 9.56. The van der Waals surface area contributed by atoms with Gasteiger partial charge in [-0.3, -0.25) is 14.6 Å². The molecule has 2 aromatic rings. The number of benzene rings is 1. The number of nitrogens with zero attached hydrogens (tertiary/aromatic N) is 3. The molecule has 1 aromatic carbocycles. The summed E-state index contributed by atoms with van der Waals surface area (Å²) in [5.74, 6) is -0.371. The molecule has 0 unspecified atom stereocenters. The fourth-order valence-corrected chi connectivity index (χ4v) is 4.43. The van der Waals surface area contributed by atoms with Crippen molar-refractivity contribution in [2.45, 2.75) is 25.8 Å². The Labute approximate surface area is 170 Å². The number of hydrogen-bond donors (Lipinski definition) is 0. The third kappa shape index (κ3) is 2.80. The first kappa shape index (κ1) is 18.8. The smallest absolute Gasteiger partial charge is 0.241 e. The molecule has 1 atom stereocenters. The predicted molar refractivity (Wildman–Crippen MR) is 108 cm³/mol. The summed E-state index contributed by atoms with van der Waals surface area (Å²) in [5.41, 5.74) is 0.368. The number of amides is 1. The summed E-state index contributed by atoms with van der Waals surface area (Å²) in [6.45, 7) is 4.42. The van der Waals surface area contributed by atoms with Gasteiger partial charge in [-0.25, -0.2) is 0 Å². The van der Waals surface area contributed by atoms with Gasteiger partial charge in [-0.05, 0) is 42.7 Å². The Morgan fingerprint density at radius 1 is 1.14 bits per heavy atom. The molecular weight excluding hydrogens is 362 g/mol. The number of ketones is 1. The Bertz CT molecular complexity index is 1080. The second-order valence-corrected chi connectivity index (χ2v) is 7.96. The van der Waals surface area contributed by atoms with Gasteiger partial charge in [0.25, 0.3) is 0 Å². The van der Waals surface area contributed by atoms with Crippen molar-refractivity contribution in [3.05, 3.63) is 89.3 Å². The van der Waals surface area contributed by atoms with Gasteiger partial charge in [-0.1, -0.05) is 42.5 Å². The number of carbonyl (C=O) groups is 2. The van der Waals surface area contributed by atoms with Crippen molar-refractivity contribution in [1.82, 2.24) is 9.88 Å². The van der Waals surface area contributed by atoms with Gasteiger partial charge in [0.1, 0.15) is 11.5 Å². The number of nitriles is 1. The van der Waals surface area contributed by atoms with E-state index in [9.17, 15) is 14.9 Å². The molecule has 29 heavy (non-hydrogen) atoms. The van der Waals surface area contributed by atoms with Gasteiger partial charge in [0, 0.05) is 25.5 Å². The zero-order valence-electron chi connectivity index (χ0n) is 16.4. The van der Waals surface area contributed by atoms with E-state index >= 15 is 0 Å². The molecule has 5 nitrogen and oxygen atoms in total. The molecule has 1 amide bonds. The number of aromatic nitrogens is 1. The average Bonchev–Trinajstić information content (AvgIpc) is 2.74. The molecule has 2 heterocycles. The fourth-order valence-electron chi connectivity index (χ4n) is 4.43. The molecule has 4 rings (SSSR count). The molecule has 0 radical (unpaired) electrons. The summed E-state index contributed by atoms with van der Waals surface area (Å²) in [5, 5.41) is 9.64. The minimum absolute atomic E-state index is 0.0348. The molecule has 0 fully saturated rings. The van der Waals surface area contributed by atoms with Crippen LogP contribution in [-0.2, 0) is 21.5 Å². The van der Waals surface area contributed by atoms with Crippen molar-refractivity contribution in [1.29, 1.82) is 5.26 Å². The van der Waals surface area contributed by atoms with Gasteiger partial charge in [-0.15, -0.1) is 0 Å². The Morgan fingerprint density at radius 3 is 2.55 bits per heavy atom. The van der Waals surface area contributed by atoms with E-state index in [0.717, 1.165) is 16.7 Å². The molecule has 5 heteroatoms. The number of Topliss-reactive ketones (excluding diaryl/α,β-unsaturated/α-hetero) is 1. The Morgan fingerprint density at radius 2 is 1.90 bits per heavy atom. The van der Waals surface area contributed by atoms with Crippen LogP contribution >= 0.6 is 0 Å². The third-order valence-corrected chi connectivity index (χ3v) is 5.86. The van der Waals surface area contributed by atoms with E-state index in [0.29, 0.717) is 13.1 Å². The van der Waals surface area contributed by atoms with Crippen molar-refractivity contribution in [2.75, 3.05) is 6.54 Å². The summed E-state index contributed by atoms with van der Waals surface area (Å²) in [6, 6.07) is 15.2. The van der Waals surface area contributed by atoms with E-state index in [1.54, 1.807) is 37.2 Å². The number of fused-ring (bicyclic) bond motifs is 1. The third-order valence-electron chi connectivity index (χ3n) is 5.86. The van der Waals surface area contributed by atoms with Gasteiger partial charge >= 0.3 is 0 Å². The quantitative estimate of drug-likeness (QED) is 0.762. The first-order chi connectivity index (χ1) is 13.9. The standard InChI is InChI=1S/C24H21N3O2/c1-23(2)20-10-12-27(16-17-7-6-11-26-15-17)22(29)24(20,13-18(14-25)21(23)28)19-8-4-3-5-9-19/h3-11,13,15H,12,16H2,1-2H3/t24-/m1/s1. The van der Waals surface area contributed by atoms with Crippen LogP contribution in [0, 0.1) is 16.7 Å². The maximum absolute atomic E-state index is 13.9. The van der Waals surface area contributed by atoms with Crippen LogP contribution in [0.15, 0.2) is 78.2 Å². The van der Waals surface area contributed by atoms with Crippen LogP contribution in [0.3, 0.4) is 0 Å². The first-order valence-corrected chi connectivity index (χ1v) is 9.54. The molecule has 0 saturated heterocycles. The van der Waals surface area contributed by atoms with E-state index < -0.39 is 10.8 Å². The fraction of sp³-hybridized carbons (Fsp3) is 0.250. The second kappa shape index (κ2) is 6.82. The van der Waals surface area contributed by atoms with Crippen molar-refractivity contribution >= 4 is 11.7 Å². The molecule has 144 valence electrons. The predicted octanol–water partition coefficient (Wildman–Crippen LogP) is 3.35. The number of rotatable bonds is 3. The summed E-state index contributed by atoms with van der Waals surface area (Å²) in [6.07, 6.45) is 6.99. The van der Waals surface area contributed by atoms with Crippen molar-refractivity contribution in [2.24, 2.45) is 5.41 Å². The van der Waals surface area contributed by atoms with Crippen LogP contribution in [0.5, 0.6) is 0 Å². The topological polar surface area (TPSA) is 74.1 Å². The van der Waals surface area contributed by atoms with Crippen LogP contribution in [0.4, 0.5) is 0 Å². The van der Waals surface area contributed by atoms with Gasteiger partial charge in [-0.2, -0.15) is 5.26 Å². The summed E-state index contributed by atoms with van der Waals surface area (Å²) in [7, 11) is 0. The molecule has 2 aliphatic rings. The first-order valence-electron chi connectivity index (χ1n) is 9.54. The van der Waals surface area contributed by atoms with E-state index in [1.807, 2.05) is 54.6 Å². The molecule has 0 bridgehead atoms. The van der Waals surface area contributed by atoms with Crippen LogP contribution < -0.4 is 0 Å². The number of pyridine rings is 1. The normalized spacial score (nSPS) is 23.0. The monoisotopic (exact) mass is 383 g/mol. The number of hydrogen-bond acceptors (Lipinski definition) is 4. The number of carbonyl (C=O) groups excluding carboxylic acids is 2. The Hall–Kier alpha value is -3.52. The van der Waals surface area contributed by atoms with Crippen LogP contribution in [0.2, 0.25) is 0 Å². The van der Waals surface area contributed by atoms with Gasteiger partial charge in [0.15, 0.2) is 5.78 Å². The lowest BCUT2D eigenvalue weighted by Gasteiger charge is -2.48. The SMILES string of the molecule is CC1(C)C(=O)C(C#N)=C[C@]2(c3ccccc3)C(=O)N(Cc3cccnc3)CC=C12. The van der Waals surface area contributed by atoms with Gasteiger partial charge in [0.2, 0.25) is 5.91 Å². The summed E-state index contributed by atoms with van der Waals surface area (Å²) in [4.78, 5) is 32.8. The van der Waals surface area contributed by atoms with Crippen molar-refractivity contribution in [3.8, 4) is 6.07 Å². The lowest BCUT2D eigenvalue weighted by Crippen LogP contribution is -2.56. The highest BCUT2D eigenvalue weighted by molar-refractivity contribution is 6.11. The highest BCUT2D eigenvalue weighted by atomic mass is 16.2. The van der Waals surface area contributed by atoms with E-state index in [4.69, 9.17) is 0 Å². The molecule has 0 spiro atoms. The van der Waals surface area contributed by atoms with Crippen molar-refractivity contribution in [3.63, 3.8) is 0 Å². The van der Waals surface area contributed by atoms with Crippen LogP contribution in [-0.4, -0.2) is 28.1 Å². The zero-order chi connectivity index (χ0) is 20.6. The van der Waals surface area contributed by atoms with E-state index in [1.165, 1.54) is 0 Å².